The fourth-order valence-corrected chi connectivity index (χ4v) is 1.97. The van der Waals surface area contributed by atoms with Crippen LogP contribution in [0.15, 0.2) is 30.3 Å². The highest BCUT2D eigenvalue weighted by Gasteiger charge is 2.08. The Labute approximate surface area is 138 Å². The van der Waals surface area contributed by atoms with Gasteiger partial charge in [0.25, 0.3) is 0 Å². The third-order valence-corrected chi connectivity index (χ3v) is 3.05. The Hall–Kier alpha value is -3.36. The number of ether oxygens (including phenoxy) is 2. The van der Waals surface area contributed by atoms with E-state index in [4.69, 9.17) is 15.2 Å². The molecule has 0 aliphatic rings. The molecular formula is C15H17N7O2. The predicted molar refractivity (Wildman–Crippen MR) is 89.1 cm³/mol. The molecule has 0 atom stereocenters. The first-order valence-electron chi connectivity index (χ1n) is 7.34. The lowest BCUT2D eigenvalue weighted by Crippen LogP contribution is -2.01. The quantitative estimate of drug-likeness (QED) is 0.628. The van der Waals surface area contributed by atoms with Gasteiger partial charge >= 0.3 is 6.01 Å². The van der Waals surface area contributed by atoms with Gasteiger partial charge in [-0.15, -0.1) is 10.2 Å². The summed E-state index contributed by atoms with van der Waals surface area (Å²) in [4.78, 5) is 11.2. The number of aromatic nitrogens is 5. The highest BCUT2D eigenvalue weighted by Crippen LogP contribution is 2.25. The van der Waals surface area contributed by atoms with Gasteiger partial charge in [0.1, 0.15) is 11.6 Å². The molecule has 0 saturated carbocycles. The molecule has 124 valence electrons. The van der Waals surface area contributed by atoms with Crippen molar-refractivity contribution in [1.82, 2.24) is 25.1 Å². The van der Waals surface area contributed by atoms with Crippen molar-refractivity contribution >= 4 is 11.8 Å². The van der Waals surface area contributed by atoms with Gasteiger partial charge in [0.05, 0.1) is 6.61 Å². The molecule has 9 nitrogen and oxygen atoms in total. The second-order valence-electron chi connectivity index (χ2n) is 4.75. The first-order valence-corrected chi connectivity index (χ1v) is 7.34. The number of hydrogen-bond donors (Lipinski definition) is 3. The van der Waals surface area contributed by atoms with E-state index >= 15 is 0 Å². The fraction of sp³-hybridized carbons (Fsp3) is 0.200. The SMILES string of the molecule is CCOc1nc(N)cc(Oc2ccc(-c3nnc(NC)[nH]3)cc2)n1. The standard InChI is InChI=1S/C15H17N7O2/c1-3-23-15-18-11(16)8-12(19-15)24-10-6-4-9(5-7-10)13-20-14(17-2)22-21-13/h4-8H,3H2,1-2H3,(H2,16,18,19)(H2,17,20,21,22). The lowest BCUT2D eigenvalue weighted by Gasteiger charge is -2.08. The minimum Gasteiger partial charge on any atom is -0.464 e. The van der Waals surface area contributed by atoms with E-state index in [9.17, 15) is 0 Å². The lowest BCUT2D eigenvalue weighted by molar-refractivity contribution is 0.307. The molecule has 2 heterocycles. The van der Waals surface area contributed by atoms with E-state index in [1.165, 1.54) is 6.07 Å². The second-order valence-corrected chi connectivity index (χ2v) is 4.75. The molecule has 24 heavy (non-hydrogen) atoms. The van der Waals surface area contributed by atoms with Gasteiger partial charge < -0.3 is 25.5 Å². The van der Waals surface area contributed by atoms with Crippen LogP contribution in [0.3, 0.4) is 0 Å². The number of nitrogens with one attached hydrogen (secondary N) is 2. The summed E-state index contributed by atoms with van der Waals surface area (Å²) in [6.07, 6.45) is 0. The molecule has 1 aromatic carbocycles. The predicted octanol–water partition coefficient (Wildman–Crippen LogP) is 2.08. The van der Waals surface area contributed by atoms with Crippen LogP contribution in [0.4, 0.5) is 11.8 Å². The molecule has 0 aliphatic carbocycles. The van der Waals surface area contributed by atoms with Gasteiger partial charge in [-0.3, -0.25) is 0 Å². The molecule has 0 radical (unpaired) electrons. The van der Waals surface area contributed by atoms with E-state index < -0.39 is 0 Å². The van der Waals surface area contributed by atoms with E-state index in [1.807, 2.05) is 19.1 Å². The Morgan fingerprint density at radius 2 is 1.96 bits per heavy atom. The molecule has 0 amide bonds. The van der Waals surface area contributed by atoms with Crippen molar-refractivity contribution in [3.05, 3.63) is 30.3 Å². The molecule has 0 saturated heterocycles. The fourth-order valence-electron chi connectivity index (χ4n) is 1.97. The number of nitrogens with zero attached hydrogens (tertiary/aromatic N) is 4. The number of H-pyrrole nitrogens is 1. The molecule has 9 heteroatoms. The smallest absolute Gasteiger partial charge is 0.321 e. The molecule has 2 aromatic heterocycles. The van der Waals surface area contributed by atoms with Crippen LogP contribution in [0.2, 0.25) is 0 Å². The van der Waals surface area contributed by atoms with Gasteiger partial charge in [-0.2, -0.15) is 9.97 Å². The largest absolute Gasteiger partial charge is 0.464 e. The summed E-state index contributed by atoms with van der Waals surface area (Å²) in [6, 6.07) is 9.05. The van der Waals surface area contributed by atoms with Crippen molar-refractivity contribution < 1.29 is 9.47 Å². The van der Waals surface area contributed by atoms with Crippen molar-refractivity contribution in [2.45, 2.75) is 6.92 Å². The van der Waals surface area contributed by atoms with Crippen LogP contribution < -0.4 is 20.5 Å². The summed E-state index contributed by atoms with van der Waals surface area (Å²) in [5, 5.41) is 10.9. The van der Waals surface area contributed by atoms with Crippen LogP contribution in [0.5, 0.6) is 17.6 Å². The number of hydrogen-bond acceptors (Lipinski definition) is 8. The summed E-state index contributed by atoms with van der Waals surface area (Å²) >= 11 is 0. The summed E-state index contributed by atoms with van der Waals surface area (Å²) in [6.45, 7) is 2.29. The van der Waals surface area contributed by atoms with Gasteiger partial charge in [0.15, 0.2) is 5.82 Å². The van der Waals surface area contributed by atoms with Crippen LogP contribution >= 0.6 is 0 Å². The van der Waals surface area contributed by atoms with Crippen molar-refractivity contribution in [2.75, 3.05) is 24.7 Å². The Kier molecular flexibility index (Phi) is 4.41. The van der Waals surface area contributed by atoms with E-state index in [0.717, 1.165) is 5.56 Å². The van der Waals surface area contributed by atoms with Gasteiger partial charge in [-0.25, -0.2) is 0 Å². The Morgan fingerprint density at radius 1 is 1.17 bits per heavy atom. The van der Waals surface area contributed by atoms with E-state index in [1.54, 1.807) is 19.2 Å². The molecule has 3 rings (SSSR count). The number of anilines is 2. The molecule has 0 bridgehead atoms. The minimum atomic E-state index is 0.186. The van der Waals surface area contributed by atoms with Crippen LogP contribution in [0.25, 0.3) is 11.4 Å². The Bertz CT molecular complexity index is 817. The summed E-state index contributed by atoms with van der Waals surface area (Å²) in [5.74, 6) is 2.46. The van der Waals surface area contributed by atoms with Crippen molar-refractivity contribution in [1.29, 1.82) is 0 Å². The number of nitrogens with two attached hydrogens (primary N) is 1. The molecule has 0 unspecified atom stereocenters. The number of aromatic amines is 1. The maximum Gasteiger partial charge on any atom is 0.321 e. The van der Waals surface area contributed by atoms with Crippen molar-refractivity contribution in [2.24, 2.45) is 0 Å². The first-order chi connectivity index (χ1) is 11.7. The summed E-state index contributed by atoms with van der Waals surface area (Å²) < 4.78 is 10.9. The van der Waals surface area contributed by atoms with E-state index in [-0.39, 0.29) is 11.8 Å². The summed E-state index contributed by atoms with van der Waals surface area (Å²) in [5.41, 5.74) is 6.61. The zero-order chi connectivity index (χ0) is 16.9. The van der Waals surface area contributed by atoms with Gasteiger partial charge in [-0.05, 0) is 31.2 Å². The average molecular weight is 327 g/mol. The normalized spacial score (nSPS) is 10.4. The van der Waals surface area contributed by atoms with Gasteiger partial charge in [0, 0.05) is 18.7 Å². The maximum absolute atomic E-state index is 5.72. The Balaban J connectivity index is 1.76. The third kappa shape index (κ3) is 3.51. The van der Waals surface area contributed by atoms with Crippen LogP contribution in [-0.4, -0.2) is 38.8 Å². The van der Waals surface area contributed by atoms with E-state index in [0.29, 0.717) is 30.0 Å². The average Bonchev–Trinajstić information content (AvgIpc) is 3.04. The van der Waals surface area contributed by atoms with Crippen molar-refractivity contribution in [3.63, 3.8) is 0 Å². The lowest BCUT2D eigenvalue weighted by atomic mass is 10.2. The molecule has 4 N–H and O–H groups in total. The van der Waals surface area contributed by atoms with Crippen LogP contribution in [0.1, 0.15) is 6.92 Å². The van der Waals surface area contributed by atoms with Crippen LogP contribution in [0, 0.1) is 0 Å². The Morgan fingerprint density at radius 3 is 2.62 bits per heavy atom. The second kappa shape index (κ2) is 6.82. The first kappa shape index (κ1) is 15.5. The van der Waals surface area contributed by atoms with Gasteiger partial charge in [-0.1, -0.05) is 0 Å². The van der Waals surface area contributed by atoms with Gasteiger partial charge in [0.2, 0.25) is 11.8 Å². The monoisotopic (exact) mass is 327 g/mol. The molecular weight excluding hydrogens is 310 g/mol. The molecule has 3 aromatic rings. The zero-order valence-corrected chi connectivity index (χ0v) is 13.3. The number of nitrogen functional groups attached to an aromatic ring is 1. The molecule has 0 spiro atoms. The minimum absolute atomic E-state index is 0.186. The molecule has 0 fully saturated rings. The highest BCUT2D eigenvalue weighted by atomic mass is 16.5. The van der Waals surface area contributed by atoms with Crippen molar-refractivity contribution in [3.8, 4) is 29.0 Å². The third-order valence-electron chi connectivity index (χ3n) is 3.05. The topological polar surface area (TPSA) is 124 Å². The van der Waals surface area contributed by atoms with E-state index in [2.05, 4.69) is 30.5 Å². The maximum atomic E-state index is 5.72. The number of benzene rings is 1. The molecule has 0 aliphatic heterocycles. The number of rotatable bonds is 6. The zero-order valence-electron chi connectivity index (χ0n) is 13.3. The van der Waals surface area contributed by atoms with Crippen LogP contribution in [-0.2, 0) is 0 Å². The highest BCUT2D eigenvalue weighted by molar-refractivity contribution is 5.57. The summed E-state index contributed by atoms with van der Waals surface area (Å²) in [7, 11) is 1.77.